The van der Waals surface area contributed by atoms with E-state index in [9.17, 15) is 13.2 Å². The van der Waals surface area contributed by atoms with E-state index in [2.05, 4.69) is 0 Å². The van der Waals surface area contributed by atoms with Gasteiger partial charge in [0.1, 0.15) is 0 Å². The molecular formula is C15H28N2O4S. The summed E-state index contributed by atoms with van der Waals surface area (Å²) in [6.07, 6.45) is 1.21. The highest BCUT2D eigenvalue weighted by Gasteiger charge is 2.52. The van der Waals surface area contributed by atoms with Crippen LogP contribution in [-0.2, 0) is 19.6 Å². The molecule has 1 amide bonds. The molecule has 0 unspecified atom stereocenters. The fourth-order valence-electron chi connectivity index (χ4n) is 3.59. The Bertz CT molecular complexity index is 510. The third-order valence-electron chi connectivity index (χ3n) is 4.88. The molecule has 0 aromatic rings. The maximum Gasteiger partial charge on any atom is 0.254 e. The van der Waals surface area contributed by atoms with E-state index in [-0.39, 0.29) is 29.3 Å². The van der Waals surface area contributed by atoms with E-state index in [1.54, 1.807) is 25.3 Å². The van der Waals surface area contributed by atoms with Crippen LogP contribution >= 0.6 is 0 Å². The number of carbonyl (C=O) groups is 1. The molecule has 128 valence electrons. The fourth-order valence-corrected chi connectivity index (χ4v) is 4.90. The molecule has 0 aromatic heterocycles. The lowest BCUT2D eigenvalue weighted by molar-refractivity contribution is -0.181. The van der Waals surface area contributed by atoms with Crippen molar-refractivity contribution in [2.45, 2.75) is 64.0 Å². The lowest BCUT2D eigenvalue weighted by atomic mass is 9.79. The molecule has 2 aliphatic heterocycles. The molecule has 0 bridgehead atoms. The van der Waals surface area contributed by atoms with Gasteiger partial charge in [-0.25, -0.2) is 12.7 Å². The average Bonchev–Trinajstić information content (AvgIpc) is 2.44. The Morgan fingerprint density at radius 2 is 1.68 bits per heavy atom. The summed E-state index contributed by atoms with van der Waals surface area (Å²) in [6.45, 7) is 8.53. The molecule has 0 saturated carbocycles. The van der Waals surface area contributed by atoms with Crippen molar-refractivity contribution in [3.8, 4) is 0 Å². The van der Waals surface area contributed by atoms with Gasteiger partial charge in [0.2, 0.25) is 10.0 Å². The second-order valence-corrected chi connectivity index (χ2v) is 9.31. The van der Waals surface area contributed by atoms with E-state index in [1.165, 1.54) is 0 Å². The maximum absolute atomic E-state index is 12.2. The molecule has 0 spiro atoms. The van der Waals surface area contributed by atoms with Crippen molar-refractivity contribution in [2.75, 3.05) is 20.2 Å². The van der Waals surface area contributed by atoms with Gasteiger partial charge in [-0.05, 0) is 46.5 Å². The van der Waals surface area contributed by atoms with E-state index in [4.69, 9.17) is 4.74 Å². The second-order valence-electron chi connectivity index (χ2n) is 6.82. The number of hydrogen-bond donors (Lipinski definition) is 0. The molecule has 0 aromatic carbocycles. The van der Waals surface area contributed by atoms with E-state index in [0.29, 0.717) is 19.0 Å². The quantitative estimate of drug-likeness (QED) is 0.706. The SMILES string of the molecule is CO[C@H]1C(=O)N(C(C)C)[C@H]1C1CCN(S(=O)(=O)C(C)C)CC1. The van der Waals surface area contributed by atoms with Crippen LogP contribution in [-0.4, -0.2) is 67.2 Å². The molecule has 6 nitrogen and oxygen atoms in total. The summed E-state index contributed by atoms with van der Waals surface area (Å²) in [5.74, 6) is 0.364. The van der Waals surface area contributed by atoms with E-state index >= 15 is 0 Å². The van der Waals surface area contributed by atoms with E-state index in [0.717, 1.165) is 12.8 Å². The van der Waals surface area contributed by atoms with Gasteiger partial charge in [0.25, 0.3) is 5.91 Å². The molecule has 2 rings (SSSR count). The van der Waals surface area contributed by atoms with E-state index in [1.807, 2.05) is 18.7 Å². The Balaban J connectivity index is 2.03. The molecule has 2 fully saturated rings. The van der Waals surface area contributed by atoms with Crippen molar-refractivity contribution in [3.63, 3.8) is 0 Å². The summed E-state index contributed by atoms with van der Waals surface area (Å²) < 4.78 is 31.4. The zero-order valence-electron chi connectivity index (χ0n) is 14.2. The number of sulfonamides is 1. The van der Waals surface area contributed by atoms with Crippen molar-refractivity contribution in [1.29, 1.82) is 0 Å². The van der Waals surface area contributed by atoms with Crippen LogP contribution in [0.5, 0.6) is 0 Å². The predicted octanol–water partition coefficient (Wildman–Crippen LogP) is 1.07. The van der Waals surface area contributed by atoms with Crippen LogP contribution in [0.2, 0.25) is 0 Å². The molecular weight excluding hydrogens is 304 g/mol. The van der Waals surface area contributed by atoms with Gasteiger partial charge in [-0.1, -0.05) is 0 Å². The smallest absolute Gasteiger partial charge is 0.254 e. The number of rotatable bonds is 5. The molecule has 2 aliphatic rings. The average molecular weight is 332 g/mol. The Morgan fingerprint density at radius 1 is 1.14 bits per heavy atom. The van der Waals surface area contributed by atoms with Gasteiger partial charge >= 0.3 is 0 Å². The molecule has 2 heterocycles. The summed E-state index contributed by atoms with van der Waals surface area (Å²) in [6, 6.07) is 0.239. The minimum atomic E-state index is -3.18. The Labute approximate surface area is 133 Å². The molecule has 0 aliphatic carbocycles. The summed E-state index contributed by atoms with van der Waals surface area (Å²) in [5, 5.41) is -0.381. The standard InChI is InChI=1S/C15H28N2O4S/c1-10(2)17-13(14(21-5)15(17)18)12-6-8-16(9-7-12)22(19,20)11(3)4/h10-14H,6-9H2,1-5H3/t13-,14+/m0/s1. The highest BCUT2D eigenvalue weighted by atomic mass is 32.2. The number of amides is 1. The van der Waals surface area contributed by atoms with Gasteiger partial charge in [0.15, 0.2) is 6.10 Å². The highest BCUT2D eigenvalue weighted by molar-refractivity contribution is 7.89. The van der Waals surface area contributed by atoms with Crippen molar-refractivity contribution >= 4 is 15.9 Å². The van der Waals surface area contributed by atoms with E-state index < -0.39 is 10.0 Å². The van der Waals surface area contributed by atoms with Crippen LogP contribution in [0.1, 0.15) is 40.5 Å². The number of hydrogen-bond acceptors (Lipinski definition) is 4. The normalized spacial score (nSPS) is 28.5. The first-order valence-electron chi connectivity index (χ1n) is 8.05. The first kappa shape index (κ1) is 17.7. The van der Waals surface area contributed by atoms with Crippen molar-refractivity contribution in [1.82, 2.24) is 9.21 Å². The first-order valence-corrected chi connectivity index (χ1v) is 9.56. The highest BCUT2D eigenvalue weighted by Crippen LogP contribution is 2.36. The molecule has 7 heteroatoms. The number of β-lactam (4-membered cyclic amide) rings is 1. The molecule has 0 radical (unpaired) electrons. The minimum Gasteiger partial charge on any atom is -0.369 e. The van der Waals surface area contributed by atoms with Crippen molar-refractivity contribution < 1.29 is 17.9 Å². The fraction of sp³-hybridized carbons (Fsp3) is 0.933. The second kappa shape index (κ2) is 6.45. The maximum atomic E-state index is 12.2. The Hall–Kier alpha value is -0.660. The monoisotopic (exact) mass is 332 g/mol. The number of likely N-dealkylation sites (tertiary alicyclic amines) is 1. The third kappa shape index (κ3) is 2.90. The van der Waals surface area contributed by atoms with Gasteiger partial charge in [-0.2, -0.15) is 0 Å². The van der Waals surface area contributed by atoms with Crippen molar-refractivity contribution in [2.24, 2.45) is 5.92 Å². The summed E-state index contributed by atoms with van der Waals surface area (Å²) >= 11 is 0. The molecule has 2 atom stereocenters. The predicted molar refractivity (Wildman–Crippen MR) is 84.9 cm³/mol. The summed E-state index contributed by atoms with van der Waals surface area (Å²) in [4.78, 5) is 14.0. The van der Waals surface area contributed by atoms with Gasteiger partial charge in [-0.3, -0.25) is 4.79 Å². The summed E-state index contributed by atoms with van der Waals surface area (Å²) in [5.41, 5.74) is 0. The van der Waals surface area contributed by atoms with Crippen LogP contribution in [0.4, 0.5) is 0 Å². The Morgan fingerprint density at radius 3 is 2.09 bits per heavy atom. The summed E-state index contributed by atoms with van der Waals surface area (Å²) in [7, 11) is -1.60. The topological polar surface area (TPSA) is 66.9 Å². The van der Waals surface area contributed by atoms with Crippen molar-refractivity contribution in [3.05, 3.63) is 0 Å². The van der Waals surface area contributed by atoms with Gasteiger partial charge < -0.3 is 9.64 Å². The lowest BCUT2D eigenvalue weighted by Crippen LogP contribution is -2.70. The molecule has 2 saturated heterocycles. The van der Waals surface area contributed by atoms with Crippen LogP contribution in [0.15, 0.2) is 0 Å². The van der Waals surface area contributed by atoms with Crippen LogP contribution in [0.25, 0.3) is 0 Å². The number of carbonyl (C=O) groups excluding carboxylic acids is 1. The van der Waals surface area contributed by atoms with Crippen LogP contribution in [0, 0.1) is 5.92 Å². The minimum absolute atomic E-state index is 0.0553. The van der Waals surface area contributed by atoms with Crippen LogP contribution < -0.4 is 0 Å². The largest absolute Gasteiger partial charge is 0.369 e. The van der Waals surface area contributed by atoms with Crippen LogP contribution in [0.3, 0.4) is 0 Å². The molecule has 22 heavy (non-hydrogen) atoms. The van der Waals surface area contributed by atoms with Gasteiger partial charge in [0.05, 0.1) is 11.3 Å². The third-order valence-corrected chi connectivity index (χ3v) is 7.15. The van der Waals surface area contributed by atoms with Gasteiger partial charge in [-0.15, -0.1) is 0 Å². The molecule has 0 N–H and O–H groups in total. The number of methoxy groups -OCH3 is 1. The Kier molecular flexibility index (Phi) is 5.19. The zero-order chi connectivity index (χ0) is 16.7. The number of nitrogens with zero attached hydrogens (tertiary/aromatic N) is 2. The number of piperidine rings is 1. The number of ether oxygens (including phenoxy) is 1. The zero-order valence-corrected chi connectivity index (χ0v) is 15.0. The van der Waals surface area contributed by atoms with Gasteiger partial charge in [0, 0.05) is 26.2 Å². The lowest BCUT2D eigenvalue weighted by Gasteiger charge is -2.53. The first-order chi connectivity index (χ1) is 10.2.